The van der Waals surface area contributed by atoms with E-state index in [1.54, 1.807) is 13.3 Å². The van der Waals surface area contributed by atoms with Crippen molar-refractivity contribution >= 4 is 17.8 Å². The summed E-state index contributed by atoms with van der Waals surface area (Å²) in [5, 5.41) is 0. The molecule has 28 heavy (non-hydrogen) atoms. The van der Waals surface area contributed by atoms with Crippen LogP contribution in [0.2, 0.25) is 0 Å². The van der Waals surface area contributed by atoms with Crippen LogP contribution in [-0.4, -0.2) is 17.1 Å². The Kier molecular flexibility index (Phi) is 5.36. The zero-order valence-corrected chi connectivity index (χ0v) is 16.6. The van der Waals surface area contributed by atoms with Gasteiger partial charge in [-0.3, -0.25) is 4.79 Å². The number of H-pyrrole nitrogens is 1. The Morgan fingerprint density at radius 3 is 2.43 bits per heavy atom. The molecular weight excluding hydrogens is 350 g/mol. The second-order valence-corrected chi connectivity index (χ2v) is 7.66. The van der Waals surface area contributed by atoms with Crippen molar-refractivity contribution in [1.82, 2.24) is 9.97 Å². The summed E-state index contributed by atoms with van der Waals surface area (Å²) in [5.41, 5.74) is 10.1. The second-order valence-electron chi connectivity index (χ2n) is 7.66. The lowest BCUT2D eigenvalue weighted by Gasteiger charge is -2.24. The van der Waals surface area contributed by atoms with E-state index in [2.05, 4.69) is 30.7 Å². The highest BCUT2D eigenvalue weighted by atomic mass is 16.5. The molecule has 5 heteroatoms. The van der Waals surface area contributed by atoms with Gasteiger partial charge in [-0.15, -0.1) is 0 Å². The molecule has 0 saturated carbocycles. The number of hydrogen-bond acceptors (Lipinski definition) is 4. The lowest BCUT2D eigenvalue weighted by atomic mass is 9.83. The number of nitrogens with one attached hydrogen (secondary N) is 1. The molecule has 0 bridgehead atoms. The van der Waals surface area contributed by atoms with Gasteiger partial charge in [0.15, 0.2) is 0 Å². The molecule has 1 aromatic heterocycles. The number of hydrogen-bond donors (Lipinski definition) is 2. The van der Waals surface area contributed by atoms with Crippen LogP contribution in [0.3, 0.4) is 0 Å². The molecule has 5 nitrogen and oxygen atoms in total. The van der Waals surface area contributed by atoms with Crippen molar-refractivity contribution in [2.75, 3.05) is 12.8 Å². The molecular formula is C23H25N3O2. The minimum Gasteiger partial charge on any atom is -0.496 e. The van der Waals surface area contributed by atoms with Gasteiger partial charge in [-0.05, 0) is 35.2 Å². The van der Waals surface area contributed by atoms with Crippen molar-refractivity contribution in [3.8, 4) is 17.0 Å². The van der Waals surface area contributed by atoms with Crippen LogP contribution < -0.4 is 16.0 Å². The van der Waals surface area contributed by atoms with Gasteiger partial charge in [0, 0.05) is 34.8 Å². The van der Waals surface area contributed by atoms with Gasteiger partial charge in [0.25, 0.3) is 5.56 Å². The second kappa shape index (κ2) is 7.72. The fraction of sp³-hybridized carbons (Fsp3) is 0.217. The minimum absolute atomic E-state index is 0.174. The van der Waals surface area contributed by atoms with Gasteiger partial charge in [-0.2, -0.15) is 0 Å². The number of aromatic nitrogens is 2. The fourth-order valence-electron chi connectivity index (χ4n) is 3.05. The normalized spacial score (nSPS) is 11.7. The summed E-state index contributed by atoms with van der Waals surface area (Å²) in [6.07, 6.45) is 7.10. The zero-order valence-electron chi connectivity index (χ0n) is 16.6. The number of ether oxygens (including phenoxy) is 1. The van der Waals surface area contributed by atoms with Crippen LogP contribution in [0, 0.1) is 0 Å². The predicted octanol–water partition coefficient (Wildman–Crippen LogP) is 4.50. The average Bonchev–Trinajstić information content (AvgIpc) is 2.66. The number of benzene rings is 2. The number of methoxy groups -OCH3 is 1. The number of nitrogens with zero attached hydrogens (tertiary/aromatic N) is 1. The van der Waals surface area contributed by atoms with Crippen molar-refractivity contribution in [3.05, 3.63) is 75.8 Å². The molecule has 0 atom stereocenters. The number of nitrogen functional groups attached to an aromatic ring is 1. The third kappa shape index (κ3) is 4.14. The van der Waals surface area contributed by atoms with Crippen molar-refractivity contribution in [1.29, 1.82) is 0 Å². The Morgan fingerprint density at radius 1 is 1.11 bits per heavy atom. The molecule has 144 valence electrons. The van der Waals surface area contributed by atoms with Gasteiger partial charge in [0.1, 0.15) is 11.4 Å². The number of rotatable bonds is 4. The molecule has 1 heterocycles. The Balaban J connectivity index is 2.19. The zero-order chi connectivity index (χ0) is 20.3. The van der Waals surface area contributed by atoms with E-state index in [-0.39, 0.29) is 11.0 Å². The quantitative estimate of drug-likeness (QED) is 0.520. The molecule has 0 unspecified atom stereocenters. The lowest BCUT2D eigenvalue weighted by Crippen LogP contribution is -2.15. The predicted molar refractivity (Wildman–Crippen MR) is 115 cm³/mol. The number of nitrogens with two attached hydrogens (primary N) is 1. The number of aromatic amines is 1. The highest BCUT2D eigenvalue weighted by molar-refractivity contribution is 5.78. The molecule has 0 saturated heterocycles. The van der Waals surface area contributed by atoms with Crippen LogP contribution >= 0.6 is 0 Å². The first kappa shape index (κ1) is 19.4. The van der Waals surface area contributed by atoms with Crippen LogP contribution in [-0.2, 0) is 5.41 Å². The maximum absolute atomic E-state index is 12.3. The molecule has 2 aromatic carbocycles. The summed E-state index contributed by atoms with van der Waals surface area (Å²) < 4.78 is 5.75. The molecule has 0 aliphatic heterocycles. The molecule has 3 aromatic rings. The highest BCUT2D eigenvalue weighted by Gasteiger charge is 2.23. The van der Waals surface area contributed by atoms with E-state index in [1.165, 1.54) is 6.20 Å². The molecule has 0 aliphatic rings. The van der Waals surface area contributed by atoms with E-state index in [1.807, 2.05) is 48.6 Å². The Hall–Kier alpha value is -3.34. The highest BCUT2D eigenvalue weighted by Crippen LogP contribution is 2.38. The van der Waals surface area contributed by atoms with Crippen LogP contribution in [0.15, 0.2) is 53.6 Å². The molecule has 0 spiro atoms. The third-order valence-electron chi connectivity index (χ3n) is 4.50. The Bertz CT molecular complexity index is 1060. The first-order valence-electron chi connectivity index (χ1n) is 9.10. The van der Waals surface area contributed by atoms with Gasteiger partial charge in [-0.1, -0.05) is 45.1 Å². The molecule has 3 rings (SSSR count). The van der Waals surface area contributed by atoms with Crippen LogP contribution in [0.1, 0.15) is 37.5 Å². The summed E-state index contributed by atoms with van der Waals surface area (Å²) in [7, 11) is 1.67. The molecule has 0 radical (unpaired) electrons. The molecule has 0 aliphatic carbocycles. The van der Waals surface area contributed by atoms with Gasteiger partial charge in [0.2, 0.25) is 0 Å². The summed E-state index contributed by atoms with van der Waals surface area (Å²) >= 11 is 0. The Labute approximate surface area is 164 Å². The molecule has 0 amide bonds. The standard InChI is InChI=1S/C23H25N3O2/c1-23(2,3)19-14-17(20-22(27)26-12-11-25-20)13-16(21(19)28-4)8-5-15-6-9-18(24)10-7-15/h5-14H,24H2,1-4H3,(H,26,27)/b8-5+. The summed E-state index contributed by atoms with van der Waals surface area (Å²) in [4.78, 5) is 19.2. The topological polar surface area (TPSA) is 81.0 Å². The van der Waals surface area contributed by atoms with Crippen LogP contribution in [0.4, 0.5) is 5.69 Å². The van der Waals surface area contributed by atoms with Crippen molar-refractivity contribution in [3.63, 3.8) is 0 Å². The smallest absolute Gasteiger partial charge is 0.274 e. The van der Waals surface area contributed by atoms with Gasteiger partial charge in [0.05, 0.1) is 7.11 Å². The molecule has 3 N–H and O–H groups in total. The van der Waals surface area contributed by atoms with E-state index in [4.69, 9.17) is 10.5 Å². The maximum atomic E-state index is 12.3. The van der Waals surface area contributed by atoms with Crippen molar-refractivity contribution in [2.45, 2.75) is 26.2 Å². The van der Waals surface area contributed by atoms with Crippen molar-refractivity contribution < 1.29 is 4.74 Å². The van der Waals surface area contributed by atoms with Gasteiger partial charge in [-0.25, -0.2) is 4.98 Å². The van der Waals surface area contributed by atoms with E-state index in [0.29, 0.717) is 5.69 Å². The van der Waals surface area contributed by atoms with Crippen molar-refractivity contribution in [2.24, 2.45) is 0 Å². The first-order chi connectivity index (χ1) is 13.3. The summed E-state index contributed by atoms with van der Waals surface area (Å²) in [6.45, 7) is 6.35. The maximum Gasteiger partial charge on any atom is 0.274 e. The fourth-order valence-corrected chi connectivity index (χ4v) is 3.05. The Morgan fingerprint density at radius 2 is 1.82 bits per heavy atom. The average molecular weight is 375 g/mol. The third-order valence-corrected chi connectivity index (χ3v) is 4.50. The van der Waals surface area contributed by atoms with Gasteiger partial charge < -0.3 is 15.5 Å². The van der Waals surface area contributed by atoms with E-state index in [0.717, 1.165) is 33.7 Å². The van der Waals surface area contributed by atoms with Crippen LogP contribution in [0.25, 0.3) is 23.4 Å². The molecule has 0 fully saturated rings. The first-order valence-corrected chi connectivity index (χ1v) is 9.10. The lowest BCUT2D eigenvalue weighted by molar-refractivity contribution is 0.397. The van der Waals surface area contributed by atoms with E-state index in [9.17, 15) is 4.79 Å². The van der Waals surface area contributed by atoms with E-state index < -0.39 is 0 Å². The van der Waals surface area contributed by atoms with Gasteiger partial charge >= 0.3 is 0 Å². The monoisotopic (exact) mass is 375 g/mol. The largest absolute Gasteiger partial charge is 0.496 e. The summed E-state index contributed by atoms with van der Waals surface area (Å²) in [5.74, 6) is 0.787. The van der Waals surface area contributed by atoms with E-state index >= 15 is 0 Å². The summed E-state index contributed by atoms with van der Waals surface area (Å²) in [6, 6.07) is 11.5. The number of anilines is 1. The minimum atomic E-state index is -0.221. The van der Waals surface area contributed by atoms with Crippen LogP contribution in [0.5, 0.6) is 5.75 Å². The SMILES string of the molecule is COc1c(/C=C/c2ccc(N)cc2)cc(-c2ncc[nH]c2=O)cc1C(C)(C)C.